The van der Waals surface area contributed by atoms with Gasteiger partial charge in [-0.3, -0.25) is 4.79 Å². The maximum absolute atomic E-state index is 14.0. The molecule has 0 bridgehead atoms. The maximum atomic E-state index is 14.0. The van der Waals surface area contributed by atoms with Crippen molar-refractivity contribution in [3.05, 3.63) is 70.5 Å². The zero-order valence-electron chi connectivity index (χ0n) is 12.5. The Morgan fingerprint density at radius 3 is 2.65 bits per heavy atom. The normalized spacial score (nSPS) is 18.5. The number of hydrogen-bond donors (Lipinski definition) is 0. The van der Waals surface area contributed by atoms with Crippen molar-refractivity contribution in [2.75, 3.05) is 18.8 Å². The topological polar surface area (TPSA) is 20.3 Å². The van der Waals surface area contributed by atoms with E-state index in [0.717, 1.165) is 17.7 Å². The number of amides is 1. The van der Waals surface area contributed by atoms with Crippen molar-refractivity contribution in [3.63, 3.8) is 0 Å². The average Bonchev–Trinajstić information content (AvgIpc) is 2.81. The Balaban J connectivity index is 1.73. The minimum absolute atomic E-state index is 0.0506. The van der Waals surface area contributed by atoms with Gasteiger partial charge in [0.2, 0.25) is 0 Å². The van der Waals surface area contributed by atoms with Crippen LogP contribution in [0.15, 0.2) is 48.5 Å². The van der Waals surface area contributed by atoms with Gasteiger partial charge in [0.25, 0.3) is 5.91 Å². The van der Waals surface area contributed by atoms with E-state index in [1.807, 2.05) is 29.2 Å². The van der Waals surface area contributed by atoms with Crippen LogP contribution >= 0.6 is 23.4 Å². The summed E-state index contributed by atoms with van der Waals surface area (Å²) in [6.45, 7) is 1.26. The molecule has 1 aliphatic heterocycles. The summed E-state index contributed by atoms with van der Waals surface area (Å²) in [6, 6.07) is 14.0. The molecule has 0 saturated carbocycles. The van der Waals surface area contributed by atoms with Crippen LogP contribution in [0.2, 0.25) is 5.02 Å². The Kier molecular flexibility index (Phi) is 5.23. The molecule has 1 unspecified atom stereocenters. The quantitative estimate of drug-likeness (QED) is 0.776. The number of hydrogen-bond acceptors (Lipinski definition) is 2. The molecule has 1 saturated heterocycles. The first-order valence-electron chi connectivity index (χ1n) is 7.56. The molecule has 0 aromatic heterocycles. The lowest BCUT2D eigenvalue weighted by molar-refractivity contribution is 0.0766. The monoisotopic (exact) mass is 349 g/mol. The second kappa shape index (κ2) is 7.37. The lowest BCUT2D eigenvalue weighted by Gasteiger charge is -2.21. The summed E-state index contributed by atoms with van der Waals surface area (Å²) in [5.41, 5.74) is 1.26. The van der Waals surface area contributed by atoms with Crippen molar-refractivity contribution in [2.45, 2.75) is 11.7 Å². The molecule has 3 rings (SSSR count). The molecule has 2 aromatic carbocycles. The molecule has 0 aliphatic carbocycles. The smallest absolute Gasteiger partial charge is 0.255 e. The Morgan fingerprint density at radius 1 is 1.13 bits per heavy atom. The van der Waals surface area contributed by atoms with Crippen LogP contribution in [0.25, 0.3) is 0 Å². The fourth-order valence-electron chi connectivity index (χ4n) is 2.76. The van der Waals surface area contributed by atoms with Gasteiger partial charge in [0, 0.05) is 29.7 Å². The molecule has 1 amide bonds. The lowest BCUT2D eigenvalue weighted by atomic mass is 10.1. The van der Waals surface area contributed by atoms with E-state index in [-0.39, 0.29) is 17.0 Å². The number of halogens is 2. The summed E-state index contributed by atoms with van der Waals surface area (Å²) in [7, 11) is 0. The summed E-state index contributed by atoms with van der Waals surface area (Å²) in [4.78, 5) is 14.5. The van der Waals surface area contributed by atoms with Crippen LogP contribution in [0.1, 0.15) is 27.6 Å². The summed E-state index contributed by atoms with van der Waals surface area (Å²) < 4.78 is 14.0. The molecule has 1 aliphatic rings. The van der Waals surface area contributed by atoms with Crippen molar-refractivity contribution in [2.24, 2.45) is 0 Å². The number of nitrogens with zero attached hydrogens (tertiary/aromatic N) is 1. The molecule has 5 heteroatoms. The van der Waals surface area contributed by atoms with Crippen molar-refractivity contribution in [3.8, 4) is 0 Å². The van der Waals surface area contributed by atoms with Crippen LogP contribution in [0.3, 0.4) is 0 Å². The van der Waals surface area contributed by atoms with E-state index in [4.69, 9.17) is 11.6 Å². The zero-order valence-corrected chi connectivity index (χ0v) is 14.1. The van der Waals surface area contributed by atoms with E-state index in [1.54, 1.807) is 30.0 Å². The summed E-state index contributed by atoms with van der Waals surface area (Å²) in [5, 5.41) is 0.556. The van der Waals surface area contributed by atoms with Gasteiger partial charge in [0.15, 0.2) is 0 Å². The Labute approximate surface area is 144 Å². The number of rotatable bonds is 2. The highest BCUT2D eigenvalue weighted by atomic mass is 35.5. The molecule has 1 atom stereocenters. The van der Waals surface area contributed by atoms with E-state index in [9.17, 15) is 9.18 Å². The van der Waals surface area contributed by atoms with Gasteiger partial charge in [-0.05, 0) is 24.6 Å². The van der Waals surface area contributed by atoms with E-state index >= 15 is 0 Å². The van der Waals surface area contributed by atoms with Gasteiger partial charge in [-0.15, -0.1) is 0 Å². The molecular formula is C18H17ClFNOS. The van der Waals surface area contributed by atoms with Gasteiger partial charge in [0.05, 0.1) is 10.6 Å². The van der Waals surface area contributed by atoms with Crippen LogP contribution < -0.4 is 0 Å². The zero-order chi connectivity index (χ0) is 16.2. The van der Waals surface area contributed by atoms with Crippen LogP contribution in [0, 0.1) is 5.82 Å². The predicted octanol–water partition coefficient (Wildman–Crippen LogP) is 4.80. The molecule has 23 heavy (non-hydrogen) atoms. The number of carbonyl (C=O) groups is 1. The Bertz CT molecular complexity index is 709. The van der Waals surface area contributed by atoms with Gasteiger partial charge in [0.1, 0.15) is 5.82 Å². The van der Waals surface area contributed by atoms with E-state index < -0.39 is 0 Å². The molecule has 2 nitrogen and oxygen atoms in total. The SMILES string of the molecule is O=C(c1ccccc1Cl)N1CCSC(c2ccccc2F)CC1. The highest BCUT2D eigenvalue weighted by molar-refractivity contribution is 7.99. The standard InChI is InChI=1S/C18H17ClFNOS/c19-15-7-3-1-5-13(15)18(22)21-10-9-17(23-12-11-21)14-6-2-4-8-16(14)20/h1-8,17H,9-12H2. The van der Waals surface area contributed by atoms with E-state index in [0.29, 0.717) is 23.7 Å². The second-order valence-corrected chi connectivity index (χ2v) is 7.16. The van der Waals surface area contributed by atoms with Gasteiger partial charge in [-0.1, -0.05) is 41.9 Å². The third-order valence-corrected chi connectivity index (χ3v) is 5.62. The highest BCUT2D eigenvalue weighted by Crippen LogP contribution is 2.36. The van der Waals surface area contributed by atoms with Crippen molar-refractivity contribution >= 4 is 29.3 Å². The van der Waals surface area contributed by atoms with Crippen molar-refractivity contribution in [1.29, 1.82) is 0 Å². The molecule has 0 N–H and O–H groups in total. The minimum Gasteiger partial charge on any atom is -0.338 e. The molecule has 1 fully saturated rings. The Hall–Kier alpha value is -1.52. The van der Waals surface area contributed by atoms with Crippen molar-refractivity contribution < 1.29 is 9.18 Å². The molecule has 120 valence electrons. The first-order valence-corrected chi connectivity index (χ1v) is 8.99. The van der Waals surface area contributed by atoms with Gasteiger partial charge in [-0.25, -0.2) is 4.39 Å². The first kappa shape index (κ1) is 16.3. The maximum Gasteiger partial charge on any atom is 0.255 e. The van der Waals surface area contributed by atoms with E-state index in [2.05, 4.69) is 0 Å². The summed E-state index contributed by atoms with van der Waals surface area (Å²) in [5.74, 6) is 0.566. The number of benzene rings is 2. The molecule has 0 radical (unpaired) electrons. The predicted molar refractivity (Wildman–Crippen MR) is 93.6 cm³/mol. The fourth-order valence-corrected chi connectivity index (χ4v) is 4.23. The molecular weight excluding hydrogens is 333 g/mol. The minimum atomic E-state index is -0.170. The highest BCUT2D eigenvalue weighted by Gasteiger charge is 2.25. The fraction of sp³-hybridized carbons (Fsp3) is 0.278. The van der Waals surface area contributed by atoms with Gasteiger partial charge in [-0.2, -0.15) is 11.8 Å². The summed E-state index contributed by atoms with van der Waals surface area (Å²) >= 11 is 7.83. The molecule has 1 heterocycles. The van der Waals surface area contributed by atoms with E-state index in [1.165, 1.54) is 6.07 Å². The summed E-state index contributed by atoms with van der Waals surface area (Å²) in [6.07, 6.45) is 0.738. The van der Waals surface area contributed by atoms with Crippen LogP contribution in [0.4, 0.5) is 4.39 Å². The molecule has 2 aromatic rings. The first-order chi connectivity index (χ1) is 11.2. The lowest BCUT2D eigenvalue weighted by Crippen LogP contribution is -2.33. The third-order valence-electron chi connectivity index (χ3n) is 3.99. The van der Waals surface area contributed by atoms with Crippen LogP contribution in [-0.4, -0.2) is 29.6 Å². The third kappa shape index (κ3) is 3.70. The van der Waals surface area contributed by atoms with Crippen LogP contribution in [-0.2, 0) is 0 Å². The van der Waals surface area contributed by atoms with Crippen LogP contribution in [0.5, 0.6) is 0 Å². The van der Waals surface area contributed by atoms with Crippen molar-refractivity contribution in [1.82, 2.24) is 4.90 Å². The largest absolute Gasteiger partial charge is 0.338 e. The second-order valence-electron chi connectivity index (χ2n) is 5.44. The van der Waals surface area contributed by atoms with Gasteiger partial charge < -0.3 is 4.90 Å². The number of thioether (sulfide) groups is 1. The van der Waals surface area contributed by atoms with Gasteiger partial charge >= 0.3 is 0 Å². The Morgan fingerprint density at radius 2 is 1.87 bits per heavy atom. The average molecular weight is 350 g/mol. The number of carbonyl (C=O) groups excluding carboxylic acids is 1. The molecule has 0 spiro atoms.